The Morgan fingerprint density at radius 1 is 1.37 bits per heavy atom. The zero-order valence-corrected chi connectivity index (χ0v) is 12.4. The highest BCUT2D eigenvalue weighted by Crippen LogP contribution is 2.23. The van der Waals surface area contributed by atoms with Crippen molar-refractivity contribution >= 4 is 23.4 Å². The van der Waals surface area contributed by atoms with Crippen LogP contribution in [-0.4, -0.2) is 41.7 Å². The number of ether oxygens (including phenoxy) is 1. The first kappa shape index (κ1) is 14.4. The van der Waals surface area contributed by atoms with Crippen molar-refractivity contribution in [1.29, 1.82) is 0 Å². The van der Waals surface area contributed by atoms with Gasteiger partial charge in [0.15, 0.2) is 5.82 Å². The van der Waals surface area contributed by atoms with E-state index in [2.05, 4.69) is 27.5 Å². The minimum Gasteiger partial charge on any atom is -0.377 e. The third-order valence-electron chi connectivity index (χ3n) is 3.00. The Morgan fingerprint density at radius 2 is 2.16 bits per heavy atom. The van der Waals surface area contributed by atoms with Crippen molar-refractivity contribution in [2.24, 2.45) is 5.92 Å². The van der Waals surface area contributed by atoms with Crippen molar-refractivity contribution in [1.82, 2.24) is 9.97 Å². The Hall–Kier alpha value is -1.01. The smallest absolute Gasteiger partial charge is 0.158 e. The quantitative estimate of drug-likeness (QED) is 0.799. The third-order valence-corrected chi connectivity index (χ3v) is 4.23. The van der Waals surface area contributed by atoms with E-state index in [0.29, 0.717) is 12.4 Å². The van der Waals surface area contributed by atoms with E-state index >= 15 is 0 Å². The highest BCUT2D eigenvalue weighted by atomic mass is 32.2. The second-order valence-corrected chi connectivity index (χ2v) is 5.78. The van der Waals surface area contributed by atoms with Crippen molar-refractivity contribution in [3.63, 3.8) is 0 Å². The lowest BCUT2D eigenvalue weighted by molar-refractivity contribution is 0.178. The molecular formula is C13H22N4OS. The van der Waals surface area contributed by atoms with Gasteiger partial charge in [0.05, 0.1) is 0 Å². The lowest BCUT2D eigenvalue weighted by atomic mass is 10.1. The first-order valence-corrected chi connectivity index (χ1v) is 7.89. The summed E-state index contributed by atoms with van der Waals surface area (Å²) in [6.07, 6.45) is 1.30. The van der Waals surface area contributed by atoms with Crippen LogP contribution in [0.15, 0.2) is 6.07 Å². The van der Waals surface area contributed by atoms with Crippen LogP contribution in [0.2, 0.25) is 0 Å². The maximum Gasteiger partial charge on any atom is 0.158 e. The molecule has 1 aromatic heterocycles. The second kappa shape index (κ2) is 7.55. The molecule has 1 aromatic rings. The van der Waals surface area contributed by atoms with Crippen molar-refractivity contribution in [3.8, 4) is 0 Å². The molecule has 1 atom stereocenters. The Morgan fingerprint density at radius 3 is 2.79 bits per heavy atom. The van der Waals surface area contributed by atoms with Gasteiger partial charge in [-0.15, -0.1) is 0 Å². The first-order chi connectivity index (χ1) is 9.31. The molecule has 0 aliphatic carbocycles. The molecule has 0 radical (unpaired) electrons. The molecule has 0 amide bonds. The van der Waals surface area contributed by atoms with Crippen LogP contribution in [0, 0.1) is 5.92 Å². The Bertz CT molecular complexity index is 372. The van der Waals surface area contributed by atoms with Crippen molar-refractivity contribution < 1.29 is 4.74 Å². The SMILES string of the molecule is CCNc1cc(NCC2CCSC2)nc(COC)n1. The van der Waals surface area contributed by atoms with E-state index in [0.717, 1.165) is 30.6 Å². The average Bonchev–Trinajstić information content (AvgIpc) is 2.90. The van der Waals surface area contributed by atoms with Crippen molar-refractivity contribution in [2.75, 3.05) is 42.3 Å². The molecule has 2 rings (SSSR count). The summed E-state index contributed by atoms with van der Waals surface area (Å²) < 4.78 is 5.11. The fourth-order valence-corrected chi connectivity index (χ4v) is 3.33. The van der Waals surface area contributed by atoms with Gasteiger partial charge in [-0.2, -0.15) is 11.8 Å². The molecule has 0 aromatic carbocycles. The van der Waals surface area contributed by atoms with Gasteiger partial charge in [-0.05, 0) is 30.8 Å². The highest BCUT2D eigenvalue weighted by molar-refractivity contribution is 7.99. The standard InChI is InChI=1S/C13H22N4OS/c1-3-14-11-6-12(17-13(16-11)8-18-2)15-7-10-4-5-19-9-10/h6,10H,3-5,7-9H2,1-2H3,(H2,14,15,16,17). The minimum absolute atomic E-state index is 0.438. The fourth-order valence-electron chi connectivity index (χ4n) is 2.05. The number of nitrogens with zero attached hydrogens (tertiary/aromatic N) is 2. The molecule has 1 aliphatic rings. The third kappa shape index (κ3) is 4.54. The van der Waals surface area contributed by atoms with Gasteiger partial charge < -0.3 is 15.4 Å². The Balaban J connectivity index is 1.99. The molecule has 5 nitrogen and oxygen atoms in total. The largest absolute Gasteiger partial charge is 0.377 e. The molecule has 1 aliphatic heterocycles. The number of hydrogen-bond donors (Lipinski definition) is 2. The van der Waals surface area contributed by atoms with Crippen LogP contribution in [0.25, 0.3) is 0 Å². The molecule has 0 spiro atoms. The van der Waals surface area contributed by atoms with Crippen LogP contribution < -0.4 is 10.6 Å². The summed E-state index contributed by atoms with van der Waals surface area (Å²) in [5, 5.41) is 6.65. The number of nitrogens with one attached hydrogen (secondary N) is 2. The van der Waals surface area contributed by atoms with E-state index in [1.807, 2.05) is 17.8 Å². The normalized spacial score (nSPS) is 18.5. The monoisotopic (exact) mass is 282 g/mol. The molecule has 2 heterocycles. The number of hydrogen-bond acceptors (Lipinski definition) is 6. The molecule has 19 heavy (non-hydrogen) atoms. The van der Waals surface area contributed by atoms with Gasteiger partial charge in [0.2, 0.25) is 0 Å². The van der Waals surface area contributed by atoms with Crippen LogP contribution >= 0.6 is 11.8 Å². The molecule has 1 saturated heterocycles. The average molecular weight is 282 g/mol. The van der Waals surface area contributed by atoms with Gasteiger partial charge in [-0.1, -0.05) is 0 Å². The predicted octanol–water partition coefficient (Wildman–Crippen LogP) is 2.22. The molecule has 2 N–H and O–H groups in total. The molecule has 6 heteroatoms. The second-order valence-electron chi connectivity index (χ2n) is 4.63. The van der Waals surface area contributed by atoms with Crippen LogP contribution in [0.1, 0.15) is 19.2 Å². The topological polar surface area (TPSA) is 59.1 Å². The van der Waals surface area contributed by atoms with Crippen LogP contribution in [0.3, 0.4) is 0 Å². The van der Waals surface area contributed by atoms with Gasteiger partial charge in [-0.3, -0.25) is 0 Å². The summed E-state index contributed by atoms with van der Waals surface area (Å²) in [5.41, 5.74) is 0. The highest BCUT2D eigenvalue weighted by Gasteiger charge is 2.15. The van der Waals surface area contributed by atoms with E-state index in [1.54, 1.807) is 7.11 Å². The lowest BCUT2D eigenvalue weighted by Crippen LogP contribution is -2.15. The number of aromatic nitrogens is 2. The molecule has 1 fully saturated rings. The number of methoxy groups -OCH3 is 1. The zero-order chi connectivity index (χ0) is 13.5. The van der Waals surface area contributed by atoms with Gasteiger partial charge in [0.25, 0.3) is 0 Å². The summed E-state index contributed by atoms with van der Waals surface area (Å²) in [6.45, 7) is 4.33. The maximum absolute atomic E-state index is 5.11. The zero-order valence-electron chi connectivity index (χ0n) is 11.6. The Labute approximate surface area is 118 Å². The minimum atomic E-state index is 0.438. The summed E-state index contributed by atoms with van der Waals surface area (Å²) in [5.74, 6) is 5.75. The summed E-state index contributed by atoms with van der Waals surface area (Å²) in [4.78, 5) is 8.87. The van der Waals surface area contributed by atoms with Gasteiger partial charge in [0, 0.05) is 26.3 Å². The Kier molecular flexibility index (Phi) is 5.72. The van der Waals surface area contributed by atoms with E-state index in [4.69, 9.17) is 4.74 Å². The molecular weight excluding hydrogens is 260 g/mol. The van der Waals surface area contributed by atoms with Crippen LogP contribution in [-0.2, 0) is 11.3 Å². The number of anilines is 2. The van der Waals surface area contributed by atoms with Crippen LogP contribution in [0.4, 0.5) is 11.6 Å². The first-order valence-electron chi connectivity index (χ1n) is 6.74. The fraction of sp³-hybridized carbons (Fsp3) is 0.692. The van der Waals surface area contributed by atoms with Crippen molar-refractivity contribution in [3.05, 3.63) is 11.9 Å². The van der Waals surface area contributed by atoms with Gasteiger partial charge >= 0.3 is 0 Å². The van der Waals surface area contributed by atoms with Gasteiger partial charge in [-0.25, -0.2) is 9.97 Å². The van der Waals surface area contributed by atoms with E-state index in [1.165, 1.54) is 17.9 Å². The van der Waals surface area contributed by atoms with E-state index < -0.39 is 0 Å². The number of rotatable bonds is 7. The number of thioether (sulfide) groups is 1. The maximum atomic E-state index is 5.11. The molecule has 0 bridgehead atoms. The molecule has 0 saturated carbocycles. The van der Waals surface area contributed by atoms with E-state index in [9.17, 15) is 0 Å². The van der Waals surface area contributed by atoms with Crippen molar-refractivity contribution in [2.45, 2.75) is 20.0 Å². The van der Waals surface area contributed by atoms with E-state index in [-0.39, 0.29) is 0 Å². The lowest BCUT2D eigenvalue weighted by Gasteiger charge is -2.13. The summed E-state index contributed by atoms with van der Waals surface area (Å²) in [6, 6.07) is 1.96. The summed E-state index contributed by atoms with van der Waals surface area (Å²) in [7, 11) is 1.66. The van der Waals surface area contributed by atoms with Gasteiger partial charge in [0.1, 0.15) is 18.2 Å². The molecule has 1 unspecified atom stereocenters. The van der Waals surface area contributed by atoms with Crippen LogP contribution in [0.5, 0.6) is 0 Å². The molecule has 106 valence electrons. The predicted molar refractivity (Wildman–Crippen MR) is 80.8 cm³/mol. The summed E-state index contributed by atoms with van der Waals surface area (Å²) >= 11 is 2.03.